The van der Waals surface area contributed by atoms with Crippen molar-refractivity contribution in [1.29, 1.82) is 0 Å². The van der Waals surface area contributed by atoms with Crippen molar-refractivity contribution in [2.24, 2.45) is 0 Å². The number of aromatic nitrogens is 2. The number of amides is 1. The Kier molecular flexibility index (Phi) is 9.52. The van der Waals surface area contributed by atoms with Crippen LogP contribution in [-0.4, -0.2) is 46.0 Å². The van der Waals surface area contributed by atoms with Crippen LogP contribution in [0.5, 0.6) is 17.2 Å². The van der Waals surface area contributed by atoms with Gasteiger partial charge in [0.2, 0.25) is 5.91 Å². The highest BCUT2D eigenvalue weighted by molar-refractivity contribution is 7.81. The summed E-state index contributed by atoms with van der Waals surface area (Å²) < 4.78 is 42.7. The van der Waals surface area contributed by atoms with Crippen LogP contribution in [0.4, 0.5) is 28.7 Å². The molecule has 2 N–H and O–H groups in total. The lowest BCUT2D eigenvalue weighted by Gasteiger charge is -2.27. The Balaban J connectivity index is 1.47. The Morgan fingerprint density at radius 2 is 1.50 bits per heavy atom. The van der Waals surface area contributed by atoms with Gasteiger partial charge in [-0.25, -0.2) is 9.97 Å². The van der Waals surface area contributed by atoms with Gasteiger partial charge < -0.3 is 29.4 Å². The van der Waals surface area contributed by atoms with Crippen LogP contribution in [0.1, 0.15) is 12.0 Å². The molecule has 1 heterocycles. The smallest absolute Gasteiger partial charge is 0.224 e. The minimum Gasteiger partial charge on any atom is -0.755 e. The number of carbonyl (C=O) groups excluding carboxylic acids is 1. The van der Waals surface area contributed by atoms with Gasteiger partial charge in [0, 0.05) is 36.0 Å². The zero-order chi connectivity index (χ0) is 31.1. The summed E-state index contributed by atoms with van der Waals surface area (Å²) in [5, 5.41) is 6.04. The second kappa shape index (κ2) is 13.8. The number of fused-ring (bicyclic) bond motifs is 1. The molecular formula is C32H30N5O6S-. The topological polar surface area (TPSA) is 138 Å². The van der Waals surface area contributed by atoms with E-state index in [9.17, 15) is 13.6 Å². The lowest BCUT2D eigenvalue weighted by molar-refractivity contribution is -0.116. The normalized spacial score (nSPS) is 11.5. The summed E-state index contributed by atoms with van der Waals surface area (Å²) in [4.78, 5) is 22.2. The van der Waals surface area contributed by atoms with Gasteiger partial charge in [0.15, 0.2) is 11.6 Å². The Labute approximate surface area is 257 Å². The van der Waals surface area contributed by atoms with E-state index in [0.29, 0.717) is 46.1 Å². The Morgan fingerprint density at radius 1 is 0.818 bits per heavy atom. The number of methoxy groups -OCH3 is 3. The third-order valence-electron chi connectivity index (χ3n) is 6.69. The maximum atomic E-state index is 12.8. The molecule has 5 aromatic rings. The molecule has 0 fully saturated rings. The van der Waals surface area contributed by atoms with Crippen LogP contribution in [-0.2, 0) is 22.5 Å². The van der Waals surface area contributed by atoms with Crippen molar-refractivity contribution >= 4 is 56.9 Å². The molecule has 11 nitrogen and oxygen atoms in total. The van der Waals surface area contributed by atoms with Crippen molar-refractivity contribution in [3.8, 4) is 17.2 Å². The number of rotatable bonds is 12. The number of nitrogens with one attached hydrogen (secondary N) is 2. The molecule has 0 aliphatic carbocycles. The highest BCUT2D eigenvalue weighted by Crippen LogP contribution is 2.36. The van der Waals surface area contributed by atoms with Crippen molar-refractivity contribution < 1.29 is 27.8 Å². The van der Waals surface area contributed by atoms with Crippen LogP contribution in [0.15, 0.2) is 91.0 Å². The zero-order valence-corrected chi connectivity index (χ0v) is 25.1. The molecule has 0 saturated heterocycles. The highest BCUT2D eigenvalue weighted by atomic mass is 32.2. The van der Waals surface area contributed by atoms with Crippen molar-refractivity contribution in [3.05, 3.63) is 96.6 Å². The third-order valence-corrected chi connectivity index (χ3v) is 7.37. The molecule has 1 aromatic heterocycles. The SMILES string of the molecule is COc1cc(Nc2nc3ccccc3nc2N(c2cccc(NC(=O)CCc3ccccc3OC)c2)S(=O)[O-])cc(OC)c1. The van der Waals surface area contributed by atoms with Gasteiger partial charge in [0.05, 0.1) is 49.3 Å². The quantitative estimate of drug-likeness (QED) is 0.165. The first-order valence-corrected chi connectivity index (χ1v) is 14.6. The average Bonchev–Trinajstić information content (AvgIpc) is 3.04. The van der Waals surface area contributed by atoms with Gasteiger partial charge in [-0.05, 0) is 48.4 Å². The number of anilines is 5. The summed E-state index contributed by atoms with van der Waals surface area (Å²) in [5.74, 6) is 1.74. The first-order valence-electron chi connectivity index (χ1n) is 13.6. The molecule has 0 aliphatic heterocycles. The Morgan fingerprint density at radius 3 is 2.18 bits per heavy atom. The van der Waals surface area contributed by atoms with Gasteiger partial charge >= 0.3 is 0 Å². The fourth-order valence-corrected chi connectivity index (χ4v) is 5.16. The van der Waals surface area contributed by atoms with Crippen LogP contribution in [0.3, 0.4) is 0 Å². The summed E-state index contributed by atoms with van der Waals surface area (Å²) in [6.07, 6.45) is 0.680. The predicted octanol–water partition coefficient (Wildman–Crippen LogP) is 5.90. The summed E-state index contributed by atoms with van der Waals surface area (Å²) in [6, 6.07) is 26.3. The molecule has 0 aliphatic rings. The molecule has 1 atom stereocenters. The van der Waals surface area contributed by atoms with Crippen molar-refractivity contribution in [2.75, 3.05) is 36.3 Å². The van der Waals surface area contributed by atoms with Gasteiger partial charge in [0.1, 0.15) is 17.2 Å². The van der Waals surface area contributed by atoms with E-state index in [4.69, 9.17) is 19.2 Å². The number of hydrogen-bond acceptors (Lipinski definition) is 9. The maximum absolute atomic E-state index is 12.8. The van der Waals surface area contributed by atoms with Gasteiger partial charge in [-0.15, -0.1) is 0 Å². The second-order valence-electron chi connectivity index (χ2n) is 9.53. The number of carbonyl (C=O) groups is 1. The molecule has 0 saturated carbocycles. The van der Waals surface area contributed by atoms with Gasteiger partial charge in [-0.1, -0.05) is 36.4 Å². The molecule has 226 valence electrons. The minimum atomic E-state index is -2.82. The summed E-state index contributed by atoms with van der Waals surface area (Å²) in [5.41, 5.74) is 3.17. The molecule has 0 radical (unpaired) electrons. The number of hydrogen-bond donors (Lipinski definition) is 2. The highest BCUT2D eigenvalue weighted by Gasteiger charge is 2.21. The predicted molar refractivity (Wildman–Crippen MR) is 170 cm³/mol. The van der Waals surface area contributed by atoms with Crippen molar-refractivity contribution in [3.63, 3.8) is 0 Å². The number of ether oxygens (including phenoxy) is 3. The van der Waals surface area contributed by atoms with E-state index >= 15 is 0 Å². The zero-order valence-electron chi connectivity index (χ0n) is 24.3. The first-order chi connectivity index (χ1) is 21.4. The average molecular weight is 613 g/mol. The maximum Gasteiger partial charge on any atom is 0.224 e. The lowest BCUT2D eigenvalue weighted by atomic mass is 10.1. The molecular weight excluding hydrogens is 582 g/mol. The monoisotopic (exact) mass is 612 g/mol. The number of aryl methyl sites for hydroxylation is 1. The van der Waals surface area contributed by atoms with Crippen molar-refractivity contribution in [2.45, 2.75) is 12.8 Å². The van der Waals surface area contributed by atoms with Crippen molar-refractivity contribution in [1.82, 2.24) is 9.97 Å². The molecule has 12 heteroatoms. The van der Waals surface area contributed by atoms with Crippen LogP contribution in [0.2, 0.25) is 0 Å². The van der Waals surface area contributed by atoms with Crippen LogP contribution < -0.4 is 29.1 Å². The van der Waals surface area contributed by atoms with Gasteiger partial charge in [0.25, 0.3) is 0 Å². The second-order valence-corrected chi connectivity index (χ2v) is 10.3. The van der Waals surface area contributed by atoms with E-state index in [1.807, 2.05) is 30.3 Å². The fraction of sp³-hybridized carbons (Fsp3) is 0.156. The minimum absolute atomic E-state index is 0.0264. The first kappa shape index (κ1) is 30.3. The van der Waals surface area contributed by atoms with Crippen LogP contribution in [0, 0.1) is 0 Å². The molecule has 5 rings (SSSR count). The summed E-state index contributed by atoms with van der Waals surface area (Å²) in [7, 11) is 4.66. The number of para-hydroxylation sites is 3. The molecule has 1 amide bonds. The van der Waals surface area contributed by atoms with Crippen LogP contribution >= 0.6 is 0 Å². The van der Waals surface area contributed by atoms with Gasteiger partial charge in [-0.3, -0.25) is 13.3 Å². The third kappa shape index (κ3) is 7.05. The molecule has 0 spiro atoms. The number of benzene rings is 4. The number of nitrogens with zero attached hydrogens (tertiary/aromatic N) is 3. The largest absolute Gasteiger partial charge is 0.755 e. The van der Waals surface area contributed by atoms with E-state index < -0.39 is 11.3 Å². The van der Waals surface area contributed by atoms with Crippen LogP contribution in [0.25, 0.3) is 11.0 Å². The summed E-state index contributed by atoms with van der Waals surface area (Å²) in [6.45, 7) is 0. The molecule has 1 unspecified atom stereocenters. The van der Waals surface area contributed by atoms with E-state index in [2.05, 4.69) is 15.6 Å². The molecule has 0 bridgehead atoms. The van der Waals surface area contributed by atoms with E-state index in [0.717, 1.165) is 9.87 Å². The van der Waals surface area contributed by atoms with Gasteiger partial charge in [-0.2, -0.15) is 0 Å². The van der Waals surface area contributed by atoms with E-state index in [1.165, 1.54) is 14.2 Å². The molecule has 44 heavy (non-hydrogen) atoms. The lowest BCUT2D eigenvalue weighted by Crippen LogP contribution is -2.23. The van der Waals surface area contributed by atoms with E-state index in [-0.39, 0.29) is 29.7 Å². The molecule has 4 aromatic carbocycles. The standard InChI is InChI=1S/C32H31N5O6S/c1-41-25-18-23(19-26(20-25)42-2)34-31-32(36-28-13-6-5-12-27(28)35-31)37(44(39)40)24-11-8-10-22(17-24)33-30(38)16-15-21-9-4-7-14-29(21)43-3/h4-14,17-20H,15-16H2,1-3H3,(H,33,38)(H,34,35)(H,39,40)/p-1. The fourth-order valence-electron chi connectivity index (χ4n) is 4.60. The Bertz CT molecular complexity index is 1800. The summed E-state index contributed by atoms with van der Waals surface area (Å²) >= 11 is -2.82. The van der Waals surface area contributed by atoms with E-state index in [1.54, 1.807) is 67.8 Å². The Hall–Kier alpha value is -5.20.